The van der Waals surface area contributed by atoms with Gasteiger partial charge in [-0.1, -0.05) is 44.2 Å². The Morgan fingerprint density at radius 3 is 2.54 bits per heavy atom. The van der Waals surface area contributed by atoms with Crippen LogP contribution in [-0.2, 0) is 6.54 Å². The van der Waals surface area contributed by atoms with Crippen molar-refractivity contribution >= 4 is 11.8 Å². The first-order valence-electron chi connectivity index (χ1n) is 8.01. The predicted octanol–water partition coefficient (Wildman–Crippen LogP) is 2.74. The number of carbonyl (C=O) groups excluding carboxylic acids is 2. The van der Waals surface area contributed by atoms with Crippen molar-refractivity contribution in [1.29, 1.82) is 0 Å². The number of pyridine rings is 1. The minimum Gasteiger partial charge on any atom is -0.352 e. The lowest BCUT2D eigenvalue weighted by atomic mass is 10.1. The third-order valence-electron chi connectivity index (χ3n) is 3.52. The number of hydrogen-bond donors (Lipinski definition) is 1. The molecular weight excluding hydrogens is 302 g/mol. The van der Waals surface area contributed by atoms with E-state index in [0.717, 1.165) is 5.56 Å². The highest BCUT2D eigenvalue weighted by Crippen LogP contribution is 2.09. The van der Waals surface area contributed by atoms with Crippen molar-refractivity contribution in [3.8, 4) is 0 Å². The third-order valence-corrected chi connectivity index (χ3v) is 3.52. The molecule has 0 atom stereocenters. The van der Waals surface area contributed by atoms with Gasteiger partial charge >= 0.3 is 0 Å². The summed E-state index contributed by atoms with van der Waals surface area (Å²) in [4.78, 5) is 30.3. The molecule has 0 saturated carbocycles. The summed E-state index contributed by atoms with van der Waals surface area (Å²) in [7, 11) is 1.72. The fourth-order valence-electron chi connectivity index (χ4n) is 2.21. The standard InChI is InChI=1S/C19H23N3O2/c1-14(2)12-21-18(23)16-9-10-20-17(11-16)19(24)22(3)13-15-7-5-4-6-8-15/h4-11,14H,12-13H2,1-3H3,(H,21,23). The molecule has 5 heteroatoms. The van der Waals surface area contributed by atoms with Crippen molar-refractivity contribution in [3.63, 3.8) is 0 Å². The zero-order valence-corrected chi connectivity index (χ0v) is 14.3. The molecule has 1 N–H and O–H groups in total. The Labute approximate surface area is 142 Å². The highest BCUT2D eigenvalue weighted by atomic mass is 16.2. The highest BCUT2D eigenvalue weighted by molar-refractivity contribution is 5.98. The lowest BCUT2D eigenvalue weighted by molar-refractivity contribution is 0.0779. The Morgan fingerprint density at radius 2 is 1.88 bits per heavy atom. The average Bonchev–Trinajstić information content (AvgIpc) is 2.60. The summed E-state index contributed by atoms with van der Waals surface area (Å²) >= 11 is 0. The van der Waals surface area contributed by atoms with E-state index in [-0.39, 0.29) is 17.5 Å². The summed E-state index contributed by atoms with van der Waals surface area (Å²) in [5.74, 6) is -0.0304. The molecule has 2 rings (SSSR count). The van der Waals surface area contributed by atoms with Crippen LogP contribution in [0.3, 0.4) is 0 Å². The van der Waals surface area contributed by atoms with Crippen LogP contribution < -0.4 is 5.32 Å². The van der Waals surface area contributed by atoms with Crippen LogP contribution in [0.4, 0.5) is 0 Å². The van der Waals surface area contributed by atoms with E-state index in [4.69, 9.17) is 0 Å². The van der Waals surface area contributed by atoms with E-state index in [2.05, 4.69) is 10.3 Å². The van der Waals surface area contributed by atoms with E-state index in [9.17, 15) is 9.59 Å². The molecule has 126 valence electrons. The molecule has 1 heterocycles. The summed E-state index contributed by atoms with van der Waals surface area (Å²) in [6.07, 6.45) is 1.49. The largest absolute Gasteiger partial charge is 0.352 e. The van der Waals surface area contributed by atoms with E-state index in [0.29, 0.717) is 24.6 Å². The molecule has 0 aliphatic carbocycles. The molecule has 0 radical (unpaired) electrons. The first-order valence-corrected chi connectivity index (χ1v) is 8.01. The summed E-state index contributed by atoms with van der Waals surface area (Å²) in [6, 6.07) is 12.9. The molecule has 2 amide bonds. The molecule has 0 spiro atoms. The van der Waals surface area contributed by atoms with E-state index in [1.54, 1.807) is 24.1 Å². The second kappa shape index (κ2) is 8.24. The van der Waals surface area contributed by atoms with Crippen LogP contribution >= 0.6 is 0 Å². The normalized spacial score (nSPS) is 10.5. The smallest absolute Gasteiger partial charge is 0.272 e. The van der Waals surface area contributed by atoms with Gasteiger partial charge in [-0.05, 0) is 23.6 Å². The second-order valence-electron chi connectivity index (χ2n) is 6.18. The molecule has 0 fully saturated rings. The summed E-state index contributed by atoms with van der Waals surface area (Å²) in [5, 5.41) is 2.84. The van der Waals surface area contributed by atoms with Gasteiger partial charge in [-0.15, -0.1) is 0 Å². The molecule has 0 saturated heterocycles. The van der Waals surface area contributed by atoms with E-state index in [1.807, 2.05) is 44.2 Å². The molecular formula is C19H23N3O2. The van der Waals surface area contributed by atoms with Crippen molar-refractivity contribution in [1.82, 2.24) is 15.2 Å². The quantitative estimate of drug-likeness (QED) is 0.888. The molecule has 0 bridgehead atoms. The van der Waals surface area contributed by atoms with Gasteiger partial charge < -0.3 is 10.2 Å². The first kappa shape index (κ1) is 17.7. The zero-order valence-electron chi connectivity index (χ0n) is 14.3. The van der Waals surface area contributed by atoms with Crippen LogP contribution in [-0.4, -0.2) is 35.3 Å². The van der Waals surface area contributed by atoms with Gasteiger partial charge in [-0.25, -0.2) is 0 Å². The van der Waals surface area contributed by atoms with Gasteiger partial charge in [-0.3, -0.25) is 14.6 Å². The number of benzene rings is 1. The van der Waals surface area contributed by atoms with Gasteiger partial charge in [0.2, 0.25) is 0 Å². The molecule has 0 aliphatic heterocycles. The summed E-state index contributed by atoms with van der Waals surface area (Å²) < 4.78 is 0. The van der Waals surface area contributed by atoms with E-state index >= 15 is 0 Å². The Bertz CT molecular complexity index is 699. The van der Waals surface area contributed by atoms with Crippen LogP contribution in [0.1, 0.15) is 40.3 Å². The number of rotatable bonds is 6. The van der Waals surface area contributed by atoms with Gasteiger partial charge in [0, 0.05) is 31.9 Å². The maximum atomic E-state index is 12.5. The van der Waals surface area contributed by atoms with Crippen molar-refractivity contribution < 1.29 is 9.59 Å². The first-order chi connectivity index (χ1) is 11.5. The Kier molecular flexibility index (Phi) is 6.07. The molecule has 2 aromatic rings. The van der Waals surface area contributed by atoms with Crippen molar-refractivity contribution in [3.05, 3.63) is 65.5 Å². The number of aromatic nitrogens is 1. The second-order valence-corrected chi connectivity index (χ2v) is 6.18. The van der Waals surface area contributed by atoms with Gasteiger partial charge in [0.1, 0.15) is 5.69 Å². The highest BCUT2D eigenvalue weighted by Gasteiger charge is 2.16. The molecule has 1 aromatic heterocycles. The molecule has 5 nitrogen and oxygen atoms in total. The molecule has 1 aromatic carbocycles. The monoisotopic (exact) mass is 325 g/mol. The molecule has 0 unspecified atom stereocenters. The number of nitrogens with one attached hydrogen (secondary N) is 1. The van der Waals surface area contributed by atoms with Gasteiger partial charge in [0.15, 0.2) is 0 Å². The summed E-state index contributed by atoms with van der Waals surface area (Å²) in [5.41, 5.74) is 1.76. The van der Waals surface area contributed by atoms with Crippen molar-refractivity contribution in [2.24, 2.45) is 5.92 Å². The van der Waals surface area contributed by atoms with Crippen molar-refractivity contribution in [2.45, 2.75) is 20.4 Å². The minimum atomic E-state index is -0.211. The van der Waals surface area contributed by atoms with Gasteiger partial charge in [0.25, 0.3) is 11.8 Å². The molecule has 24 heavy (non-hydrogen) atoms. The number of nitrogens with zero attached hydrogens (tertiary/aromatic N) is 2. The predicted molar refractivity (Wildman–Crippen MR) is 93.6 cm³/mol. The fraction of sp³-hybridized carbons (Fsp3) is 0.316. The van der Waals surface area contributed by atoms with Crippen LogP contribution in [0.2, 0.25) is 0 Å². The maximum absolute atomic E-state index is 12.5. The van der Waals surface area contributed by atoms with Crippen LogP contribution in [0.5, 0.6) is 0 Å². The lowest BCUT2D eigenvalue weighted by Crippen LogP contribution is -2.29. The van der Waals surface area contributed by atoms with Crippen LogP contribution in [0.25, 0.3) is 0 Å². The van der Waals surface area contributed by atoms with Crippen LogP contribution in [0, 0.1) is 5.92 Å². The zero-order chi connectivity index (χ0) is 17.5. The Balaban J connectivity index is 2.06. The van der Waals surface area contributed by atoms with Gasteiger partial charge in [0.05, 0.1) is 0 Å². The topological polar surface area (TPSA) is 62.3 Å². The van der Waals surface area contributed by atoms with Crippen molar-refractivity contribution in [2.75, 3.05) is 13.6 Å². The minimum absolute atomic E-state index is 0.189. The fourth-order valence-corrected chi connectivity index (χ4v) is 2.21. The number of amides is 2. The maximum Gasteiger partial charge on any atom is 0.272 e. The van der Waals surface area contributed by atoms with E-state index in [1.165, 1.54) is 6.20 Å². The molecule has 0 aliphatic rings. The number of carbonyl (C=O) groups is 2. The van der Waals surface area contributed by atoms with Gasteiger partial charge in [-0.2, -0.15) is 0 Å². The Hall–Kier alpha value is -2.69. The lowest BCUT2D eigenvalue weighted by Gasteiger charge is -2.17. The Morgan fingerprint density at radius 1 is 1.17 bits per heavy atom. The number of hydrogen-bond acceptors (Lipinski definition) is 3. The summed E-state index contributed by atoms with van der Waals surface area (Å²) in [6.45, 7) is 5.14. The van der Waals surface area contributed by atoms with E-state index < -0.39 is 0 Å². The average molecular weight is 325 g/mol. The third kappa shape index (κ3) is 4.91. The SMILES string of the molecule is CC(C)CNC(=O)c1ccnc(C(=O)N(C)Cc2ccccc2)c1. The van der Waals surface area contributed by atoms with Crippen LogP contribution in [0.15, 0.2) is 48.7 Å².